The van der Waals surface area contributed by atoms with Crippen molar-refractivity contribution in [3.63, 3.8) is 0 Å². The van der Waals surface area contributed by atoms with Gasteiger partial charge in [-0.1, -0.05) is 20.3 Å². The van der Waals surface area contributed by atoms with Gasteiger partial charge in [0.05, 0.1) is 12.4 Å². The minimum Gasteiger partial charge on any atom is -0.446 e. The highest BCUT2D eigenvalue weighted by Crippen LogP contribution is 2.36. The molecule has 0 radical (unpaired) electrons. The zero-order valence-electron chi connectivity index (χ0n) is 16.1. The van der Waals surface area contributed by atoms with Crippen molar-refractivity contribution in [2.24, 2.45) is 5.92 Å². The van der Waals surface area contributed by atoms with E-state index in [1.54, 1.807) is 0 Å². The Morgan fingerprint density at radius 1 is 1.39 bits per heavy atom. The Labute approximate surface area is 163 Å². The molecular weight excluding hydrogens is 358 g/mol. The topological polar surface area (TPSA) is 129 Å². The fourth-order valence-corrected chi connectivity index (χ4v) is 3.12. The summed E-state index contributed by atoms with van der Waals surface area (Å²) in [6, 6.07) is 3.86. The Morgan fingerprint density at radius 2 is 2.25 bits per heavy atom. The second-order valence-electron chi connectivity index (χ2n) is 7.16. The molecule has 0 bridgehead atoms. The molecule has 3 atom stereocenters. The number of H-pyrrole nitrogens is 1. The lowest BCUT2D eigenvalue weighted by molar-refractivity contribution is 0.0991. The summed E-state index contributed by atoms with van der Waals surface area (Å²) < 4.78 is 5.54. The highest BCUT2D eigenvalue weighted by molar-refractivity contribution is 5.67. The average Bonchev–Trinajstić information content (AvgIpc) is 3.36. The number of hydrogen-bond donors (Lipinski definition) is 3. The number of anilines is 2. The van der Waals surface area contributed by atoms with E-state index in [0.29, 0.717) is 24.1 Å². The van der Waals surface area contributed by atoms with Gasteiger partial charge in [-0.3, -0.25) is 5.10 Å². The molecule has 0 saturated heterocycles. The lowest BCUT2D eigenvalue weighted by atomic mass is 10.0. The van der Waals surface area contributed by atoms with Crippen molar-refractivity contribution >= 4 is 17.7 Å². The van der Waals surface area contributed by atoms with Gasteiger partial charge in [0.1, 0.15) is 18.0 Å². The van der Waals surface area contributed by atoms with Crippen LogP contribution in [0.25, 0.3) is 0 Å². The molecule has 148 valence electrons. The van der Waals surface area contributed by atoms with E-state index in [1.807, 2.05) is 12.1 Å². The van der Waals surface area contributed by atoms with Crippen molar-refractivity contribution in [2.75, 3.05) is 11.9 Å². The third-order valence-electron chi connectivity index (χ3n) is 5.01. The van der Waals surface area contributed by atoms with Crippen LogP contribution in [-0.4, -0.2) is 38.9 Å². The second kappa shape index (κ2) is 9.17. The number of nitrogens with zero attached hydrogens (tertiary/aromatic N) is 4. The quantitative estimate of drug-likeness (QED) is 0.669. The number of amides is 1. The smallest absolute Gasteiger partial charge is 0.407 e. The summed E-state index contributed by atoms with van der Waals surface area (Å²) >= 11 is 0. The maximum absolute atomic E-state index is 11.9. The lowest BCUT2D eigenvalue weighted by Gasteiger charge is -2.15. The number of carbonyl (C=O) groups excluding carboxylic acids is 1. The Bertz CT molecular complexity index is 828. The fraction of sp³-hybridized carbons (Fsp3) is 0.526. The summed E-state index contributed by atoms with van der Waals surface area (Å²) in [4.78, 5) is 20.0. The van der Waals surface area contributed by atoms with Crippen LogP contribution in [0, 0.1) is 17.2 Å². The molecule has 2 aromatic rings. The van der Waals surface area contributed by atoms with Gasteiger partial charge >= 0.3 is 6.09 Å². The molecule has 3 unspecified atom stereocenters. The summed E-state index contributed by atoms with van der Waals surface area (Å²) in [7, 11) is 0. The van der Waals surface area contributed by atoms with Crippen molar-refractivity contribution in [2.45, 2.75) is 51.6 Å². The van der Waals surface area contributed by atoms with E-state index in [4.69, 9.17) is 10.00 Å². The molecule has 9 heteroatoms. The van der Waals surface area contributed by atoms with Crippen molar-refractivity contribution in [1.82, 2.24) is 25.5 Å². The number of carbonyl (C=O) groups is 1. The van der Waals surface area contributed by atoms with Crippen molar-refractivity contribution < 1.29 is 9.53 Å². The third kappa shape index (κ3) is 5.19. The maximum atomic E-state index is 11.9. The molecule has 9 nitrogen and oxygen atoms in total. The molecule has 0 spiro atoms. The number of alkyl carbamates (subject to hydrolysis) is 1. The summed E-state index contributed by atoms with van der Waals surface area (Å²) in [5.74, 6) is 1.86. The number of nitrogens with one attached hydrogen (secondary N) is 3. The van der Waals surface area contributed by atoms with Gasteiger partial charge in [-0.25, -0.2) is 14.8 Å². The van der Waals surface area contributed by atoms with Crippen LogP contribution in [0.5, 0.6) is 0 Å². The molecule has 28 heavy (non-hydrogen) atoms. The van der Waals surface area contributed by atoms with Crippen LogP contribution < -0.4 is 10.6 Å². The zero-order valence-corrected chi connectivity index (χ0v) is 16.1. The Morgan fingerprint density at radius 3 is 2.96 bits per heavy atom. The Kier molecular flexibility index (Phi) is 6.42. The zero-order chi connectivity index (χ0) is 19.9. The fourth-order valence-electron chi connectivity index (χ4n) is 3.12. The molecule has 0 aliphatic heterocycles. The molecule has 2 aromatic heterocycles. The highest BCUT2D eigenvalue weighted by Gasteiger charge is 2.30. The van der Waals surface area contributed by atoms with E-state index in [9.17, 15) is 4.79 Å². The van der Waals surface area contributed by atoms with Crippen LogP contribution in [0.2, 0.25) is 0 Å². The van der Waals surface area contributed by atoms with E-state index in [0.717, 1.165) is 31.4 Å². The Hall–Kier alpha value is -3.15. The molecule has 1 aliphatic carbocycles. The number of nitriles is 1. The summed E-state index contributed by atoms with van der Waals surface area (Å²) in [5.41, 5.74) is 1.26. The SMILES string of the molecule is CCC(C)CNC(=O)OC1CCC(c2cc(Nc3cnc(C#N)cn3)n[nH]2)C1. The molecular formula is C19H25N7O2. The molecule has 3 N–H and O–H groups in total. The molecule has 1 aliphatic rings. The number of aromatic nitrogens is 4. The van der Waals surface area contributed by atoms with Gasteiger partial charge in [0.15, 0.2) is 11.5 Å². The van der Waals surface area contributed by atoms with E-state index in [2.05, 4.69) is 44.6 Å². The van der Waals surface area contributed by atoms with Gasteiger partial charge in [-0.15, -0.1) is 0 Å². The van der Waals surface area contributed by atoms with E-state index >= 15 is 0 Å². The molecule has 0 aromatic carbocycles. The van der Waals surface area contributed by atoms with Crippen molar-refractivity contribution in [3.8, 4) is 6.07 Å². The minimum atomic E-state index is -0.336. The van der Waals surface area contributed by atoms with Gasteiger partial charge in [0, 0.05) is 24.2 Å². The predicted octanol–water partition coefficient (Wildman–Crippen LogP) is 3.22. The largest absolute Gasteiger partial charge is 0.446 e. The van der Waals surface area contributed by atoms with Crippen LogP contribution in [0.4, 0.5) is 16.4 Å². The molecule has 1 amide bonds. The maximum Gasteiger partial charge on any atom is 0.407 e. The standard InChI is InChI=1S/C19H25N7O2/c1-3-12(2)9-23-19(27)28-15-5-4-13(6-15)16-7-17(26-25-16)24-18-11-21-14(8-20)10-22-18/h7,10-13,15H,3-6,9H2,1-2H3,(H,23,27)(H2,22,24,25,26). The van der Waals surface area contributed by atoms with E-state index < -0.39 is 0 Å². The number of ether oxygens (including phenoxy) is 1. The lowest BCUT2D eigenvalue weighted by Crippen LogP contribution is -2.31. The van der Waals surface area contributed by atoms with Crippen molar-refractivity contribution in [3.05, 3.63) is 29.8 Å². The first-order chi connectivity index (χ1) is 13.6. The first kappa shape index (κ1) is 19.6. The molecule has 1 saturated carbocycles. The first-order valence-electron chi connectivity index (χ1n) is 9.56. The summed E-state index contributed by atoms with van der Waals surface area (Å²) in [5, 5.41) is 21.9. The molecule has 3 rings (SSSR count). The second-order valence-corrected chi connectivity index (χ2v) is 7.16. The summed E-state index contributed by atoms with van der Waals surface area (Å²) in [6.45, 7) is 4.83. The number of aromatic amines is 1. The molecule has 1 fully saturated rings. The van der Waals surface area contributed by atoms with Crippen molar-refractivity contribution in [1.29, 1.82) is 5.26 Å². The molecule has 2 heterocycles. The third-order valence-corrected chi connectivity index (χ3v) is 5.01. The normalized spacial score (nSPS) is 19.6. The van der Waals surface area contributed by atoms with E-state index in [1.165, 1.54) is 12.4 Å². The van der Waals surface area contributed by atoms with Gasteiger partial charge in [0.2, 0.25) is 0 Å². The predicted molar refractivity (Wildman–Crippen MR) is 103 cm³/mol. The van der Waals surface area contributed by atoms with Crippen LogP contribution in [0.1, 0.15) is 56.8 Å². The van der Waals surface area contributed by atoms with Gasteiger partial charge in [-0.05, 0) is 25.2 Å². The highest BCUT2D eigenvalue weighted by atomic mass is 16.6. The minimum absolute atomic E-state index is 0.0777. The van der Waals surface area contributed by atoms with Crippen LogP contribution in [-0.2, 0) is 4.74 Å². The van der Waals surface area contributed by atoms with Crippen LogP contribution in [0.15, 0.2) is 18.5 Å². The van der Waals surface area contributed by atoms with E-state index in [-0.39, 0.29) is 23.8 Å². The van der Waals surface area contributed by atoms with Gasteiger partial charge < -0.3 is 15.4 Å². The number of rotatable bonds is 7. The average molecular weight is 383 g/mol. The first-order valence-corrected chi connectivity index (χ1v) is 9.56. The van der Waals surface area contributed by atoms with Crippen LogP contribution in [0.3, 0.4) is 0 Å². The summed E-state index contributed by atoms with van der Waals surface area (Å²) in [6.07, 6.45) is 6.05. The van der Waals surface area contributed by atoms with Crippen LogP contribution >= 0.6 is 0 Å². The Balaban J connectivity index is 1.49. The number of hydrogen-bond acceptors (Lipinski definition) is 7. The van der Waals surface area contributed by atoms with Gasteiger partial charge in [-0.2, -0.15) is 10.4 Å². The van der Waals surface area contributed by atoms with Gasteiger partial charge in [0.25, 0.3) is 0 Å². The monoisotopic (exact) mass is 383 g/mol.